The van der Waals surface area contributed by atoms with E-state index in [2.05, 4.69) is 69.2 Å². The number of hydroxylamine groups is 1. The van der Waals surface area contributed by atoms with Crippen LogP contribution in [-0.4, -0.2) is 18.0 Å². The van der Waals surface area contributed by atoms with Gasteiger partial charge >= 0.3 is 0 Å². The first-order chi connectivity index (χ1) is 17.5. The third-order valence-corrected chi connectivity index (χ3v) is 5.84. The molecule has 0 aliphatic carbocycles. The first-order valence-corrected chi connectivity index (χ1v) is 13.4. The second-order valence-electron chi connectivity index (χ2n) is 9.13. The second-order valence-corrected chi connectivity index (χ2v) is 9.54. The van der Waals surface area contributed by atoms with Crippen LogP contribution in [-0.2, 0) is 4.84 Å². The summed E-state index contributed by atoms with van der Waals surface area (Å²) in [7, 11) is 1.38. The zero-order valence-electron chi connectivity index (χ0n) is 24.2. The fourth-order valence-electron chi connectivity index (χ4n) is 3.10. The van der Waals surface area contributed by atoms with Crippen LogP contribution in [0.2, 0.25) is 5.02 Å². The van der Waals surface area contributed by atoms with Crippen molar-refractivity contribution in [2.75, 3.05) is 17.7 Å². The summed E-state index contributed by atoms with van der Waals surface area (Å²) in [6.07, 6.45) is 7.36. The molecule has 0 spiro atoms. The van der Waals surface area contributed by atoms with Crippen LogP contribution in [0.4, 0.5) is 17.2 Å². The van der Waals surface area contributed by atoms with E-state index in [1.54, 1.807) is 24.3 Å². The number of halogens is 1. The molecule has 7 heteroatoms. The van der Waals surface area contributed by atoms with Gasteiger partial charge in [-0.3, -0.25) is 9.63 Å². The van der Waals surface area contributed by atoms with Gasteiger partial charge in [-0.25, -0.2) is 10.5 Å². The minimum atomic E-state index is -0.362. The fraction of sp³-hybridized carbons (Fsp3) is 0.467. The van der Waals surface area contributed by atoms with E-state index in [4.69, 9.17) is 16.4 Å². The Labute approximate surface area is 229 Å². The van der Waals surface area contributed by atoms with Gasteiger partial charge in [-0.2, -0.15) is 0 Å². The summed E-state index contributed by atoms with van der Waals surface area (Å²) < 4.78 is 0. The van der Waals surface area contributed by atoms with E-state index >= 15 is 0 Å². The van der Waals surface area contributed by atoms with Crippen molar-refractivity contribution >= 4 is 34.7 Å². The minimum Gasteiger partial charge on any atom is -0.353 e. The molecule has 0 saturated carbocycles. The van der Waals surface area contributed by atoms with E-state index in [1.807, 2.05) is 26.0 Å². The zero-order valence-corrected chi connectivity index (χ0v) is 24.9. The molecule has 2 rings (SSSR count). The van der Waals surface area contributed by atoms with Gasteiger partial charge in [0.15, 0.2) is 0 Å². The Balaban J connectivity index is 0.000000992. The third-order valence-electron chi connectivity index (χ3n) is 5.54. The number of allylic oxidation sites excluding steroid dienone is 3. The normalized spacial score (nSPS) is 12.1. The Kier molecular flexibility index (Phi) is 17.8. The molecule has 2 unspecified atom stereocenters. The summed E-state index contributed by atoms with van der Waals surface area (Å²) in [5.74, 6) is 2.09. The standard InChI is InChI=1S/C19H21ClN4O2.C8H18.C3H8/c1-12(2)9-13(3)22-18-10-17(15(20)11-21-18)23-16-8-6-5-7-14(16)19(25)24-26-4;1-5-7(3)8(4)6-2;1-3-2/h5-11H,1H2,2-4H3,(H,24,25)(H2,21,22,23);7-8H,5-6H2,1-4H3;3H2,1-2H3/b13-9+;;. The van der Waals surface area contributed by atoms with Gasteiger partial charge in [0.05, 0.1) is 35.3 Å². The Morgan fingerprint density at radius 2 is 1.65 bits per heavy atom. The lowest BCUT2D eigenvalue weighted by Gasteiger charge is -2.14. The van der Waals surface area contributed by atoms with Gasteiger partial charge in [-0.05, 0) is 43.9 Å². The molecule has 2 atom stereocenters. The van der Waals surface area contributed by atoms with Crippen molar-refractivity contribution in [1.29, 1.82) is 0 Å². The summed E-state index contributed by atoms with van der Waals surface area (Å²) in [6, 6.07) is 8.82. The molecule has 1 amide bonds. The molecule has 3 N–H and O–H groups in total. The molecule has 206 valence electrons. The quantitative estimate of drug-likeness (QED) is 0.211. The smallest absolute Gasteiger partial charge is 0.276 e. The first kappa shape index (κ1) is 34.2. The van der Waals surface area contributed by atoms with Crippen LogP contribution < -0.4 is 16.1 Å². The van der Waals surface area contributed by atoms with E-state index in [0.29, 0.717) is 27.8 Å². The van der Waals surface area contributed by atoms with Crippen LogP contribution in [0.3, 0.4) is 0 Å². The number of nitrogens with one attached hydrogen (secondary N) is 3. The summed E-state index contributed by atoms with van der Waals surface area (Å²) in [4.78, 5) is 21.1. The van der Waals surface area contributed by atoms with Crippen molar-refractivity contribution in [3.8, 4) is 0 Å². The fourth-order valence-corrected chi connectivity index (χ4v) is 3.25. The number of rotatable bonds is 10. The number of carbonyl (C=O) groups is 1. The number of aromatic nitrogens is 1. The van der Waals surface area contributed by atoms with E-state index in [1.165, 1.54) is 32.6 Å². The number of benzene rings is 1. The van der Waals surface area contributed by atoms with Gasteiger partial charge in [0.1, 0.15) is 5.82 Å². The van der Waals surface area contributed by atoms with Crippen LogP contribution in [0.15, 0.2) is 60.5 Å². The number of carbonyl (C=O) groups excluding carboxylic acids is 1. The maximum atomic E-state index is 12.1. The van der Waals surface area contributed by atoms with Crippen molar-refractivity contribution < 1.29 is 9.63 Å². The molecule has 0 saturated heterocycles. The monoisotopic (exact) mass is 530 g/mol. The summed E-state index contributed by atoms with van der Waals surface area (Å²) in [6.45, 7) is 21.1. The highest BCUT2D eigenvalue weighted by Gasteiger charge is 2.12. The van der Waals surface area contributed by atoms with E-state index in [9.17, 15) is 4.79 Å². The lowest BCUT2D eigenvalue weighted by molar-refractivity contribution is 0.0538. The Morgan fingerprint density at radius 3 is 2.16 bits per heavy atom. The highest BCUT2D eigenvalue weighted by molar-refractivity contribution is 6.33. The Hall–Kier alpha value is -2.83. The molecule has 0 fully saturated rings. The highest BCUT2D eigenvalue weighted by atomic mass is 35.5. The molecule has 1 heterocycles. The van der Waals surface area contributed by atoms with Crippen LogP contribution in [0.1, 0.15) is 85.0 Å². The van der Waals surface area contributed by atoms with Gasteiger partial charge in [-0.15, -0.1) is 0 Å². The number of hydrogen-bond donors (Lipinski definition) is 3. The van der Waals surface area contributed by atoms with Crippen molar-refractivity contribution in [2.24, 2.45) is 11.8 Å². The molecule has 37 heavy (non-hydrogen) atoms. The molecular weight excluding hydrogens is 484 g/mol. The van der Waals surface area contributed by atoms with Gasteiger partial charge < -0.3 is 10.6 Å². The predicted octanol–water partition coefficient (Wildman–Crippen LogP) is 9.16. The average molecular weight is 531 g/mol. The Morgan fingerprint density at radius 1 is 1.08 bits per heavy atom. The maximum Gasteiger partial charge on any atom is 0.276 e. The summed E-state index contributed by atoms with van der Waals surface area (Å²) >= 11 is 6.25. The van der Waals surface area contributed by atoms with E-state index in [-0.39, 0.29) is 5.91 Å². The largest absolute Gasteiger partial charge is 0.353 e. The van der Waals surface area contributed by atoms with Gasteiger partial charge in [0, 0.05) is 11.8 Å². The molecule has 6 nitrogen and oxygen atoms in total. The van der Waals surface area contributed by atoms with Gasteiger partial charge in [0.2, 0.25) is 0 Å². The average Bonchev–Trinajstić information content (AvgIpc) is 2.86. The molecule has 0 bridgehead atoms. The predicted molar refractivity (Wildman–Crippen MR) is 161 cm³/mol. The Bertz CT molecular complexity index is 983. The molecule has 1 aromatic carbocycles. The van der Waals surface area contributed by atoms with Crippen molar-refractivity contribution in [1.82, 2.24) is 10.5 Å². The molecular formula is C30H47ClN4O2. The molecule has 0 aliphatic heterocycles. The number of nitrogens with zero attached hydrogens (tertiary/aromatic N) is 1. The number of para-hydroxylation sites is 1. The SMILES string of the molecule is C=C(C)/C=C(\C)Nc1cc(Nc2ccccc2C(=O)NOC)c(Cl)cn1.CCC.CCC(C)C(C)CC. The number of pyridine rings is 1. The van der Waals surface area contributed by atoms with Crippen molar-refractivity contribution in [3.63, 3.8) is 0 Å². The maximum absolute atomic E-state index is 12.1. The summed E-state index contributed by atoms with van der Waals surface area (Å²) in [5, 5.41) is 6.77. The zero-order chi connectivity index (χ0) is 28.4. The van der Waals surface area contributed by atoms with E-state index in [0.717, 1.165) is 23.1 Å². The molecule has 1 aromatic heterocycles. The third kappa shape index (κ3) is 13.9. The lowest BCUT2D eigenvalue weighted by atomic mass is 9.92. The van der Waals surface area contributed by atoms with Crippen molar-refractivity contribution in [2.45, 2.75) is 74.7 Å². The lowest BCUT2D eigenvalue weighted by Crippen LogP contribution is -2.22. The van der Waals surface area contributed by atoms with Gasteiger partial charge in [0.25, 0.3) is 5.91 Å². The molecule has 0 radical (unpaired) electrons. The molecule has 2 aromatic rings. The van der Waals surface area contributed by atoms with E-state index < -0.39 is 0 Å². The topological polar surface area (TPSA) is 75.3 Å². The minimum absolute atomic E-state index is 0.362. The first-order valence-electron chi connectivity index (χ1n) is 13.0. The van der Waals surface area contributed by atoms with Gasteiger partial charge in [-0.1, -0.05) is 96.7 Å². The highest BCUT2D eigenvalue weighted by Crippen LogP contribution is 2.29. The van der Waals surface area contributed by atoms with Crippen LogP contribution in [0, 0.1) is 11.8 Å². The number of amides is 1. The summed E-state index contributed by atoms with van der Waals surface area (Å²) in [5.41, 5.74) is 5.77. The van der Waals surface area contributed by atoms with Crippen LogP contribution in [0.25, 0.3) is 0 Å². The number of hydrogen-bond acceptors (Lipinski definition) is 5. The van der Waals surface area contributed by atoms with Crippen LogP contribution >= 0.6 is 11.6 Å². The molecule has 0 aliphatic rings. The van der Waals surface area contributed by atoms with Crippen LogP contribution in [0.5, 0.6) is 0 Å². The van der Waals surface area contributed by atoms with Crippen molar-refractivity contribution in [3.05, 3.63) is 71.0 Å². The second kappa shape index (κ2) is 19.3. The number of anilines is 3.